The third kappa shape index (κ3) is 57.1. The summed E-state index contributed by atoms with van der Waals surface area (Å²) in [5.74, 6) is -0.946. The van der Waals surface area contributed by atoms with Crippen LogP contribution in [0, 0.1) is 0 Å². The van der Waals surface area contributed by atoms with E-state index in [-0.39, 0.29) is 37.5 Å². The van der Waals surface area contributed by atoms with Gasteiger partial charge in [0.15, 0.2) is 6.10 Å². The molecule has 1 atom stereocenters. The number of allylic oxidation sites excluding steroid dienone is 16. The predicted octanol–water partition coefficient (Wildman–Crippen LogP) is 20.1. The maximum Gasteiger partial charge on any atom is 0.306 e. The lowest BCUT2D eigenvalue weighted by molar-refractivity contribution is -0.167. The molecule has 0 saturated heterocycles. The summed E-state index contributed by atoms with van der Waals surface area (Å²) in [6, 6.07) is 0. The zero-order chi connectivity index (χ0) is 51.4. The highest BCUT2D eigenvalue weighted by atomic mass is 16.6. The maximum absolute atomic E-state index is 12.9. The van der Waals surface area contributed by atoms with Gasteiger partial charge in [-0.1, -0.05) is 266 Å². The predicted molar refractivity (Wildman–Crippen MR) is 307 cm³/mol. The van der Waals surface area contributed by atoms with E-state index in [9.17, 15) is 14.4 Å². The molecule has 0 aliphatic carbocycles. The van der Waals surface area contributed by atoms with Crippen molar-refractivity contribution in [1.29, 1.82) is 0 Å². The van der Waals surface area contributed by atoms with E-state index in [1.807, 2.05) is 60.8 Å². The maximum atomic E-state index is 12.9. The van der Waals surface area contributed by atoms with E-state index in [1.54, 1.807) is 0 Å². The molecular weight excluding hydrogens is 877 g/mol. The number of ether oxygens (including phenoxy) is 3. The van der Waals surface area contributed by atoms with Crippen molar-refractivity contribution < 1.29 is 28.6 Å². The van der Waals surface area contributed by atoms with Gasteiger partial charge in [0, 0.05) is 19.3 Å². The average molecular weight is 988 g/mol. The monoisotopic (exact) mass is 987 g/mol. The lowest BCUT2D eigenvalue weighted by Gasteiger charge is -2.18. The fourth-order valence-electron chi connectivity index (χ4n) is 8.23. The van der Waals surface area contributed by atoms with Gasteiger partial charge in [-0.15, -0.1) is 0 Å². The van der Waals surface area contributed by atoms with Gasteiger partial charge in [-0.2, -0.15) is 0 Å². The second-order valence-electron chi connectivity index (χ2n) is 19.7. The molecule has 0 amide bonds. The second kappa shape index (κ2) is 58.9. The van der Waals surface area contributed by atoms with E-state index in [2.05, 4.69) is 57.2 Å². The van der Waals surface area contributed by atoms with Crippen molar-refractivity contribution in [1.82, 2.24) is 0 Å². The van der Waals surface area contributed by atoms with Crippen molar-refractivity contribution in [2.75, 3.05) is 13.2 Å². The van der Waals surface area contributed by atoms with Crippen LogP contribution < -0.4 is 0 Å². The van der Waals surface area contributed by atoms with E-state index < -0.39 is 6.10 Å². The zero-order valence-electron chi connectivity index (χ0n) is 46.5. The number of esters is 3. The summed E-state index contributed by atoms with van der Waals surface area (Å²) >= 11 is 0. The van der Waals surface area contributed by atoms with Gasteiger partial charge in [0.2, 0.25) is 0 Å². The van der Waals surface area contributed by atoms with E-state index >= 15 is 0 Å². The molecule has 406 valence electrons. The molecular formula is C65H110O6. The van der Waals surface area contributed by atoms with Crippen LogP contribution in [0.1, 0.15) is 278 Å². The van der Waals surface area contributed by atoms with Crippen LogP contribution in [-0.4, -0.2) is 37.2 Å². The minimum absolute atomic E-state index is 0.0994. The summed E-state index contributed by atoms with van der Waals surface area (Å²) in [6.07, 6.45) is 78.2. The normalized spacial score (nSPS) is 12.8. The van der Waals surface area contributed by atoms with Crippen molar-refractivity contribution in [3.05, 3.63) is 97.2 Å². The Morgan fingerprint density at radius 3 is 0.915 bits per heavy atom. The van der Waals surface area contributed by atoms with Crippen LogP contribution in [0.5, 0.6) is 0 Å². The van der Waals surface area contributed by atoms with E-state index in [4.69, 9.17) is 14.2 Å². The van der Waals surface area contributed by atoms with Gasteiger partial charge in [-0.25, -0.2) is 0 Å². The molecule has 0 N–H and O–H groups in total. The van der Waals surface area contributed by atoms with Gasteiger partial charge < -0.3 is 14.2 Å². The Labute approximate surface area is 438 Å². The van der Waals surface area contributed by atoms with Crippen molar-refractivity contribution in [2.45, 2.75) is 284 Å². The van der Waals surface area contributed by atoms with Gasteiger partial charge in [-0.3, -0.25) is 14.4 Å². The molecule has 0 saturated carbocycles. The number of carbonyl (C=O) groups is 3. The molecule has 0 aromatic heterocycles. The van der Waals surface area contributed by atoms with E-state index in [1.165, 1.54) is 167 Å². The van der Waals surface area contributed by atoms with Crippen LogP contribution in [0.2, 0.25) is 0 Å². The van der Waals surface area contributed by atoms with Crippen molar-refractivity contribution in [2.24, 2.45) is 0 Å². The van der Waals surface area contributed by atoms with Crippen LogP contribution in [0.25, 0.3) is 0 Å². The number of carbonyl (C=O) groups excluding carboxylic acids is 3. The van der Waals surface area contributed by atoms with Crippen LogP contribution in [0.3, 0.4) is 0 Å². The first kappa shape index (κ1) is 67.3. The highest BCUT2D eigenvalue weighted by molar-refractivity contribution is 5.71. The summed E-state index contributed by atoms with van der Waals surface area (Å²) in [7, 11) is 0. The fraction of sp³-hybridized carbons (Fsp3) is 0.708. The smallest absolute Gasteiger partial charge is 0.306 e. The van der Waals surface area contributed by atoms with Crippen molar-refractivity contribution in [3.63, 3.8) is 0 Å². The number of unbranched alkanes of at least 4 members (excludes halogenated alkanes) is 31. The van der Waals surface area contributed by atoms with Gasteiger partial charge in [0.05, 0.1) is 0 Å². The van der Waals surface area contributed by atoms with Crippen LogP contribution >= 0.6 is 0 Å². The largest absolute Gasteiger partial charge is 0.462 e. The molecule has 0 bridgehead atoms. The fourth-order valence-corrected chi connectivity index (χ4v) is 8.23. The molecule has 0 heterocycles. The molecule has 0 spiro atoms. The quantitative estimate of drug-likeness (QED) is 0.0199. The molecule has 0 fully saturated rings. The van der Waals surface area contributed by atoms with E-state index in [0.29, 0.717) is 19.3 Å². The summed E-state index contributed by atoms with van der Waals surface area (Å²) in [5, 5.41) is 0. The Morgan fingerprint density at radius 1 is 0.296 bits per heavy atom. The molecule has 0 aromatic carbocycles. The summed E-state index contributed by atoms with van der Waals surface area (Å²) < 4.78 is 16.9. The lowest BCUT2D eigenvalue weighted by Crippen LogP contribution is -2.30. The summed E-state index contributed by atoms with van der Waals surface area (Å²) in [6.45, 7) is 6.46. The Balaban J connectivity index is 4.47. The molecule has 1 unspecified atom stereocenters. The highest BCUT2D eigenvalue weighted by Crippen LogP contribution is 2.15. The Hall–Kier alpha value is -3.67. The number of hydrogen-bond donors (Lipinski definition) is 0. The van der Waals surface area contributed by atoms with E-state index in [0.717, 1.165) is 64.2 Å². The first-order valence-corrected chi connectivity index (χ1v) is 29.8. The minimum Gasteiger partial charge on any atom is -0.462 e. The Kier molecular flexibility index (Phi) is 55.9. The standard InChI is InChI=1S/C65H110O6/c1-4-7-10-13-16-19-22-25-28-31-32-35-37-40-43-46-49-52-55-58-64(67)70-61-62(71-65(68)59-56-53-50-47-44-41-38-34-30-27-24-21-18-15-12-9-6-3)60-69-63(66)57-54-51-48-45-42-39-36-33-29-26-23-20-17-14-11-8-5-2/h9,12,15,18,21,24,26-27,29-32,34,38,41,44,62H,4-8,10-11,13-14,16-17,19-20,22-23,25,28,33,35-37,39-40,42-43,45-61H2,1-3H3/b12-9-,18-15-,24-21-,29-26-,30-27-,32-31-,38-34+,44-41-. The van der Waals surface area contributed by atoms with Crippen LogP contribution in [0.4, 0.5) is 0 Å². The molecule has 71 heavy (non-hydrogen) atoms. The average Bonchev–Trinajstić information content (AvgIpc) is 3.37. The van der Waals surface area contributed by atoms with Crippen molar-refractivity contribution >= 4 is 17.9 Å². The second-order valence-corrected chi connectivity index (χ2v) is 19.7. The van der Waals surface area contributed by atoms with Gasteiger partial charge in [0.1, 0.15) is 13.2 Å². The molecule has 6 nitrogen and oxygen atoms in total. The topological polar surface area (TPSA) is 78.9 Å². The van der Waals surface area contributed by atoms with Gasteiger partial charge in [0.25, 0.3) is 0 Å². The molecule has 0 aliphatic heterocycles. The first-order valence-electron chi connectivity index (χ1n) is 29.8. The van der Waals surface area contributed by atoms with Crippen LogP contribution in [0.15, 0.2) is 97.2 Å². The third-order valence-corrected chi connectivity index (χ3v) is 12.7. The lowest BCUT2D eigenvalue weighted by atomic mass is 10.1. The Morgan fingerprint density at radius 2 is 0.563 bits per heavy atom. The Bertz CT molecular complexity index is 1410. The summed E-state index contributed by atoms with van der Waals surface area (Å²) in [4.78, 5) is 38.2. The van der Waals surface area contributed by atoms with Crippen molar-refractivity contribution in [3.8, 4) is 0 Å². The SMILES string of the molecule is CC\C=C/C=C\C=C/C=C\C=C\C=C/CCCCCC(=O)OC(COC(=O)CCCCCCCCC/C=C\CCCCCCCC)COC(=O)CCCCCCCCC/C=C\CCCCCCCCCC. The molecule has 0 rings (SSSR count). The highest BCUT2D eigenvalue weighted by Gasteiger charge is 2.19. The molecule has 6 heteroatoms. The summed E-state index contributed by atoms with van der Waals surface area (Å²) in [5.41, 5.74) is 0. The first-order chi connectivity index (χ1) is 35.0. The zero-order valence-corrected chi connectivity index (χ0v) is 46.5. The van der Waals surface area contributed by atoms with Gasteiger partial charge in [-0.05, 0) is 89.9 Å². The molecule has 0 aromatic rings. The number of rotatable bonds is 53. The minimum atomic E-state index is -0.806. The van der Waals surface area contributed by atoms with Crippen LogP contribution in [-0.2, 0) is 28.6 Å². The molecule has 0 aliphatic rings. The third-order valence-electron chi connectivity index (χ3n) is 12.7. The number of hydrogen-bond acceptors (Lipinski definition) is 6. The molecule has 0 radical (unpaired) electrons. The van der Waals surface area contributed by atoms with Gasteiger partial charge >= 0.3 is 17.9 Å².